The monoisotopic (exact) mass is 330 g/mol. The van der Waals surface area contributed by atoms with Gasteiger partial charge in [-0.05, 0) is 36.6 Å². The molecule has 0 heterocycles. The number of nitriles is 1. The topological polar surface area (TPSA) is 70.0 Å². The molecule has 6 heteroatoms. The molecule has 1 aromatic rings. The molecule has 0 saturated carbocycles. The van der Waals surface area contributed by atoms with Crippen LogP contribution in [0.3, 0.4) is 0 Å². The highest BCUT2D eigenvalue weighted by atomic mass is 79.9. The van der Waals surface area contributed by atoms with Crippen LogP contribution in [0.2, 0.25) is 0 Å². The maximum absolute atomic E-state index is 11.8. The third-order valence-corrected chi connectivity index (χ3v) is 4.89. The molecule has 0 bridgehead atoms. The molecule has 0 saturated heterocycles. The van der Waals surface area contributed by atoms with Crippen LogP contribution < -0.4 is 4.72 Å². The highest BCUT2D eigenvalue weighted by molar-refractivity contribution is 9.10. The van der Waals surface area contributed by atoms with Gasteiger partial charge in [-0.1, -0.05) is 28.9 Å². The molecule has 1 aromatic carbocycles. The summed E-state index contributed by atoms with van der Waals surface area (Å²) < 4.78 is 27.0. The molecule has 1 rings (SSSR count). The molecule has 1 atom stereocenters. The summed E-state index contributed by atoms with van der Waals surface area (Å²) in [5.74, 6) is 0. The summed E-state index contributed by atoms with van der Waals surface area (Å²) >= 11 is 3.35. The van der Waals surface area contributed by atoms with Crippen molar-refractivity contribution in [1.82, 2.24) is 4.72 Å². The van der Waals surface area contributed by atoms with E-state index in [9.17, 15) is 8.42 Å². The van der Waals surface area contributed by atoms with Crippen molar-refractivity contribution in [1.29, 1.82) is 5.26 Å². The Hall–Kier alpha value is -0.900. The van der Waals surface area contributed by atoms with E-state index in [4.69, 9.17) is 5.26 Å². The van der Waals surface area contributed by atoms with Gasteiger partial charge in [0.2, 0.25) is 10.0 Å². The van der Waals surface area contributed by atoms with Crippen LogP contribution in [0.1, 0.15) is 24.5 Å². The smallest absolute Gasteiger partial charge is 0.211 e. The largest absolute Gasteiger partial charge is 0.228 e. The highest BCUT2D eigenvalue weighted by Crippen LogP contribution is 2.16. The van der Waals surface area contributed by atoms with Crippen molar-refractivity contribution in [3.8, 4) is 6.07 Å². The second kappa shape index (κ2) is 6.32. The number of nitrogens with zero attached hydrogens (tertiary/aromatic N) is 1. The number of halogens is 1. The fraction of sp³-hybridized carbons (Fsp3) is 0.417. The molecule has 0 aliphatic rings. The van der Waals surface area contributed by atoms with E-state index >= 15 is 0 Å². The van der Waals surface area contributed by atoms with E-state index in [2.05, 4.69) is 20.7 Å². The molecule has 0 fully saturated rings. The second-order valence-electron chi connectivity index (χ2n) is 3.96. The van der Waals surface area contributed by atoms with E-state index < -0.39 is 15.3 Å². The van der Waals surface area contributed by atoms with Crippen molar-refractivity contribution in [2.45, 2.75) is 32.1 Å². The molecule has 0 unspecified atom stereocenters. The van der Waals surface area contributed by atoms with Crippen LogP contribution in [0.5, 0.6) is 0 Å². The van der Waals surface area contributed by atoms with Crippen LogP contribution in [0, 0.1) is 18.3 Å². The van der Waals surface area contributed by atoms with Gasteiger partial charge in [0.1, 0.15) is 0 Å². The van der Waals surface area contributed by atoms with Gasteiger partial charge in [-0.2, -0.15) is 5.26 Å². The third kappa shape index (κ3) is 3.80. The Morgan fingerprint density at radius 1 is 1.50 bits per heavy atom. The summed E-state index contributed by atoms with van der Waals surface area (Å²) in [6, 6.07) is 7.43. The number of benzene rings is 1. The van der Waals surface area contributed by atoms with E-state index in [1.54, 1.807) is 13.0 Å². The zero-order valence-electron chi connectivity index (χ0n) is 10.3. The first kappa shape index (κ1) is 15.2. The van der Waals surface area contributed by atoms with Crippen LogP contribution >= 0.6 is 15.9 Å². The lowest BCUT2D eigenvalue weighted by Gasteiger charge is -2.11. The summed E-state index contributed by atoms with van der Waals surface area (Å²) in [5, 5.41) is 7.78. The standard InChI is InChI=1S/C12H15BrN2O2S/c1-3-12(7-14)18(16,17)15-8-10-4-5-11(13)6-9(10)2/h4-6,12,15H,3,8H2,1-2H3/t12-/m0/s1. The van der Waals surface area contributed by atoms with Crippen LogP contribution in [0.4, 0.5) is 0 Å². The molecular weight excluding hydrogens is 316 g/mol. The van der Waals surface area contributed by atoms with Gasteiger partial charge in [-0.25, -0.2) is 13.1 Å². The van der Waals surface area contributed by atoms with Crippen LogP contribution in [-0.4, -0.2) is 13.7 Å². The van der Waals surface area contributed by atoms with Gasteiger partial charge in [0, 0.05) is 11.0 Å². The fourth-order valence-corrected chi connectivity index (χ4v) is 3.13. The zero-order chi connectivity index (χ0) is 13.8. The van der Waals surface area contributed by atoms with Gasteiger partial charge < -0.3 is 0 Å². The molecule has 0 amide bonds. The normalized spacial score (nSPS) is 13.0. The van der Waals surface area contributed by atoms with Crippen LogP contribution in [0.15, 0.2) is 22.7 Å². The molecule has 1 N–H and O–H groups in total. The van der Waals surface area contributed by atoms with Gasteiger partial charge in [0.15, 0.2) is 5.25 Å². The molecule has 18 heavy (non-hydrogen) atoms. The minimum atomic E-state index is -3.57. The van der Waals surface area contributed by atoms with Crippen LogP contribution in [0.25, 0.3) is 0 Å². The van der Waals surface area contributed by atoms with Crippen molar-refractivity contribution in [3.05, 3.63) is 33.8 Å². The Balaban J connectivity index is 2.80. The van der Waals surface area contributed by atoms with Crippen molar-refractivity contribution in [2.24, 2.45) is 0 Å². The molecule has 0 aromatic heterocycles. The van der Waals surface area contributed by atoms with Gasteiger partial charge in [0.05, 0.1) is 6.07 Å². The summed E-state index contributed by atoms with van der Waals surface area (Å²) in [7, 11) is -3.57. The average Bonchev–Trinajstić information content (AvgIpc) is 2.29. The first-order valence-electron chi connectivity index (χ1n) is 5.53. The minimum Gasteiger partial charge on any atom is -0.211 e. The second-order valence-corrected chi connectivity index (χ2v) is 6.83. The maximum atomic E-state index is 11.8. The van der Waals surface area contributed by atoms with Crippen molar-refractivity contribution in [3.63, 3.8) is 0 Å². The first-order chi connectivity index (χ1) is 8.40. The number of rotatable bonds is 5. The van der Waals surface area contributed by atoms with E-state index in [1.165, 1.54) is 0 Å². The van der Waals surface area contributed by atoms with Gasteiger partial charge in [-0.3, -0.25) is 0 Å². The van der Waals surface area contributed by atoms with Gasteiger partial charge in [-0.15, -0.1) is 0 Å². The Kier molecular flexibility index (Phi) is 5.32. The lowest BCUT2D eigenvalue weighted by atomic mass is 10.1. The molecular formula is C12H15BrN2O2S. The van der Waals surface area contributed by atoms with E-state index in [0.717, 1.165) is 15.6 Å². The Labute approximate surface area is 116 Å². The summed E-state index contributed by atoms with van der Waals surface area (Å²) in [5.41, 5.74) is 1.90. The van der Waals surface area contributed by atoms with Gasteiger partial charge >= 0.3 is 0 Å². The number of hydrogen-bond acceptors (Lipinski definition) is 3. The quantitative estimate of drug-likeness (QED) is 0.901. The van der Waals surface area contributed by atoms with Crippen molar-refractivity contribution in [2.75, 3.05) is 0 Å². The minimum absolute atomic E-state index is 0.208. The Morgan fingerprint density at radius 3 is 2.67 bits per heavy atom. The SMILES string of the molecule is CC[C@@H](C#N)S(=O)(=O)NCc1ccc(Br)cc1C. The molecule has 0 spiro atoms. The Bertz CT molecular complexity index is 564. The average molecular weight is 331 g/mol. The molecule has 0 aliphatic carbocycles. The Morgan fingerprint density at radius 2 is 2.17 bits per heavy atom. The van der Waals surface area contributed by atoms with Crippen molar-refractivity contribution >= 4 is 26.0 Å². The predicted molar refractivity (Wildman–Crippen MR) is 74.3 cm³/mol. The summed E-state index contributed by atoms with van der Waals surface area (Å²) in [6.07, 6.45) is 0.283. The van der Waals surface area contributed by atoms with E-state index in [-0.39, 0.29) is 13.0 Å². The number of nitrogens with one attached hydrogen (secondary N) is 1. The summed E-state index contributed by atoms with van der Waals surface area (Å²) in [6.45, 7) is 3.80. The van der Waals surface area contributed by atoms with Crippen molar-refractivity contribution < 1.29 is 8.42 Å². The number of sulfonamides is 1. The zero-order valence-corrected chi connectivity index (χ0v) is 12.7. The van der Waals surface area contributed by atoms with Gasteiger partial charge in [0.25, 0.3) is 0 Å². The molecule has 0 aliphatic heterocycles. The van der Waals surface area contributed by atoms with Crippen LogP contribution in [-0.2, 0) is 16.6 Å². The van der Waals surface area contributed by atoms with E-state index in [1.807, 2.05) is 25.1 Å². The number of aryl methyl sites for hydroxylation is 1. The summed E-state index contributed by atoms with van der Waals surface area (Å²) in [4.78, 5) is 0. The molecule has 0 radical (unpaired) electrons. The predicted octanol–water partition coefficient (Wildman–Crippen LogP) is 2.48. The van der Waals surface area contributed by atoms with E-state index in [0.29, 0.717) is 0 Å². The molecule has 98 valence electrons. The highest BCUT2D eigenvalue weighted by Gasteiger charge is 2.22. The fourth-order valence-electron chi connectivity index (χ4n) is 1.52. The maximum Gasteiger partial charge on any atom is 0.228 e. The third-order valence-electron chi connectivity index (χ3n) is 2.66. The lowest BCUT2D eigenvalue weighted by molar-refractivity contribution is 0.572. The first-order valence-corrected chi connectivity index (χ1v) is 7.87. The number of hydrogen-bond donors (Lipinski definition) is 1. The molecule has 4 nitrogen and oxygen atoms in total. The lowest BCUT2D eigenvalue weighted by Crippen LogP contribution is -2.32.